The van der Waals surface area contributed by atoms with E-state index >= 15 is 0 Å². The van der Waals surface area contributed by atoms with E-state index in [4.69, 9.17) is 4.74 Å². The summed E-state index contributed by atoms with van der Waals surface area (Å²) in [4.78, 5) is 12.1. The van der Waals surface area contributed by atoms with Gasteiger partial charge in [-0.15, -0.1) is 0 Å². The maximum atomic E-state index is 12.1. The van der Waals surface area contributed by atoms with E-state index in [9.17, 15) is 4.79 Å². The van der Waals surface area contributed by atoms with Gasteiger partial charge in [-0.05, 0) is 30.7 Å². The van der Waals surface area contributed by atoms with Gasteiger partial charge in [-0.3, -0.25) is 9.89 Å². The van der Waals surface area contributed by atoms with Crippen LogP contribution in [0.5, 0.6) is 5.75 Å². The number of aromatic nitrogens is 2. The molecule has 0 saturated carbocycles. The summed E-state index contributed by atoms with van der Waals surface area (Å²) in [6, 6.07) is 7.49. The highest BCUT2D eigenvalue weighted by molar-refractivity contribution is 5.92. The van der Waals surface area contributed by atoms with Crippen LogP contribution in [-0.4, -0.2) is 29.8 Å². The maximum absolute atomic E-state index is 12.1. The average molecular weight is 286 g/mol. The number of amides is 1. The van der Waals surface area contributed by atoms with E-state index < -0.39 is 0 Å². The molecule has 3 N–H and O–H groups in total. The molecule has 1 aromatic carbocycles. The normalized spacial score (nSPS) is 13.6. The Balaban J connectivity index is 1.64. The van der Waals surface area contributed by atoms with E-state index in [0.717, 1.165) is 42.1 Å². The first-order chi connectivity index (χ1) is 10.3. The standard InChI is InChI=1S/C15H18N4O2/c1-21-11-4-2-10(3-5-11)8-14(20)17-15-12-6-7-16-9-13(12)18-19-15/h2-5,16H,6-9H2,1H3,(H2,17,18,19,20). The molecular formula is C15H18N4O2. The van der Waals surface area contributed by atoms with Crippen LogP contribution in [0.15, 0.2) is 24.3 Å². The summed E-state index contributed by atoms with van der Waals surface area (Å²) in [7, 11) is 1.62. The molecule has 0 radical (unpaired) electrons. The quantitative estimate of drug-likeness (QED) is 0.790. The number of rotatable bonds is 4. The van der Waals surface area contributed by atoms with Crippen LogP contribution in [0.3, 0.4) is 0 Å². The zero-order valence-electron chi connectivity index (χ0n) is 11.9. The molecular weight excluding hydrogens is 268 g/mol. The molecule has 0 saturated heterocycles. The highest BCUT2D eigenvalue weighted by atomic mass is 16.5. The van der Waals surface area contributed by atoms with Crippen LogP contribution in [0.2, 0.25) is 0 Å². The van der Waals surface area contributed by atoms with Crippen molar-refractivity contribution in [3.63, 3.8) is 0 Å². The molecule has 110 valence electrons. The third-order valence-electron chi connectivity index (χ3n) is 3.59. The number of aromatic amines is 1. The molecule has 3 rings (SSSR count). The molecule has 0 unspecified atom stereocenters. The fourth-order valence-electron chi connectivity index (χ4n) is 2.45. The van der Waals surface area contributed by atoms with Gasteiger partial charge in [0, 0.05) is 12.1 Å². The van der Waals surface area contributed by atoms with Gasteiger partial charge in [-0.25, -0.2) is 0 Å². The number of carbonyl (C=O) groups excluding carboxylic acids is 1. The molecule has 1 aliphatic heterocycles. The monoisotopic (exact) mass is 286 g/mol. The summed E-state index contributed by atoms with van der Waals surface area (Å²) < 4.78 is 5.10. The molecule has 6 nitrogen and oxygen atoms in total. The lowest BCUT2D eigenvalue weighted by Gasteiger charge is -2.13. The minimum atomic E-state index is -0.0620. The minimum absolute atomic E-state index is 0.0620. The molecule has 0 fully saturated rings. The summed E-state index contributed by atoms with van der Waals surface area (Å²) in [5.74, 6) is 1.38. The predicted octanol–water partition coefficient (Wildman–Crippen LogP) is 1.25. The van der Waals surface area contributed by atoms with Crippen LogP contribution in [-0.2, 0) is 24.2 Å². The van der Waals surface area contributed by atoms with Crippen LogP contribution in [0.4, 0.5) is 5.82 Å². The molecule has 21 heavy (non-hydrogen) atoms. The second kappa shape index (κ2) is 5.97. The number of nitrogens with one attached hydrogen (secondary N) is 3. The number of benzene rings is 1. The van der Waals surface area contributed by atoms with Gasteiger partial charge in [0.2, 0.25) is 5.91 Å². The molecule has 2 aromatic rings. The van der Waals surface area contributed by atoms with Gasteiger partial charge in [0.1, 0.15) is 5.75 Å². The first kappa shape index (κ1) is 13.6. The van der Waals surface area contributed by atoms with Crippen molar-refractivity contribution >= 4 is 11.7 Å². The second-order valence-electron chi connectivity index (χ2n) is 5.03. The smallest absolute Gasteiger partial charge is 0.230 e. The van der Waals surface area contributed by atoms with Crippen molar-refractivity contribution in [1.82, 2.24) is 15.5 Å². The molecule has 2 heterocycles. The second-order valence-corrected chi connectivity index (χ2v) is 5.03. The van der Waals surface area contributed by atoms with E-state index in [2.05, 4.69) is 20.8 Å². The van der Waals surface area contributed by atoms with Gasteiger partial charge >= 0.3 is 0 Å². The molecule has 1 amide bonds. The number of methoxy groups -OCH3 is 1. The first-order valence-corrected chi connectivity index (χ1v) is 6.96. The topological polar surface area (TPSA) is 79.0 Å². The molecule has 0 aliphatic carbocycles. The van der Waals surface area contributed by atoms with E-state index in [1.165, 1.54) is 0 Å². The van der Waals surface area contributed by atoms with Crippen LogP contribution in [0.1, 0.15) is 16.8 Å². The Morgan fingerprint density at radius 2 is 2.19 bits per heavy atom. The number of anilines is 1. The number of ether oxygens (including phenoxy) is 1. The first-order valence-electron chi connectivity index (χ1n) is 6.96. The van der Waals surface area contributed by atoms with Gasteiger partial charge in [0.05, 0.1) is 19.2 Å². The summed E-state index contributed by atoms with van der Waals surface area (Å²) in [5.41, 5.74) is 3.11. The van der Waals surface area contributed by atoms with E-state index in [1.54, 1.807) is 7.11 Å². The fraction of sp³-hybridized carbons (Fsp3) is 0.333. The molecule has 1 aromatic heterocycles. The summed E-state index contributed by atoms with van der Waals surface area (Å²) in [6.07, 6.45) is 1.20. The zero-order chi connectivity index (χ0) is 14.7. The predicted molar refractivity (Wildman–Crippen MR) is 79.3 cm³/mol. The maximum Gasteiger partial charge on any atom is 0.230 e. The van der Waals surface area contributed by atoms with Crippen LogP contribution in [0.25, 0.3) is 0 Å². The van der Waals surface area contributed by atoms with Gasteiger partial charge in [-0.2, -0.15) is 5.10 Å². The number of hydrogen-bond donors (Lipinski definition) is 3. The number of carbonyl (C=O) groups is 1. The van der Waals surface area contributed by atoms with Crippen molar-refractivity contribution < 1.29 is 9.53 Å². The third-order valence-corrected chi connectivity index (χ3v) is 3.59. The average Bonchev–Trinajstić information content (AvgIpc) is 2.91. The van der Waals surface area contributed by atoms with E-state index in [-0.39, 0.29) is 5.91 Å². The number of nitrogens with zero attached hydrogens (tertiary/aromatic N) is 1. The van der Waals surface area contributed by atoms with Gasteiger partial charge in [0.15, 0.2) is 5.82 Å². The van der Waals surface area contributed by atoms with Crippen molar-refractivity contribution in [3.8, 4) is 5.75 Å². The molecule has 0 atom stereocenters. The highest BCUT2D eigenvalue weighted by Gasteiger charge is 2.17. The highest BCUT2D eigenvalue weighted by Crippen LogP contribution is 2.20. The van der Waals surface area contributed by atoms with Crippen LogP contribution in [0, 0.1) is 0 Å². The summed E-state index contributed by atoms with van der Waals surface area (Å²) in [6.45, 7) is 1.69. The number of hydrogen-bond acceptors (Lipinski definition) is 4. The Morgan fingerprint density at radius 3 is 2.95 bits per heavy atom. The van der Waals surface area contributed by atoms with Gasteiger partial charge < -0.3 is 15.4 Å². The lowest BCUT2D eigenvalue weighted by molar-refractivity contribution is -0.115. The summed E-state index contributed by atoms with van der Waals surface area (Å²) in [5, 5.41) is 13.3. The van der Waals surface area contributed by atoms with E-state index in [0.29, 0.717) is 12.2 Å². The Labute approximate surface area is 122 Å². The van der Waals surface area contributed by atoms with Crippen molar-refractivity contribution in [2.75, 3.05) is 19.0 Å². The Morgan fingerprint density at radius 1 is 1.38 bits per heavy atom. The van der Waals surface area contributed by atoms with E-state index in [1.807, 2.05) is 24.3 Å². The minimum Gasteiger partial charge on any atom is -0.497 e. The van der Waals surface area contributed by atoms with Gasteiger partial charge in [-0.1, -0.05) is 12.1 Å². The molecule has 1 aliphatic rings. The fourth-order valence-corrected chi connectivity index (χ4v) is 2.45. The largest absolute Gasteiger partial charge is 0.497 e. The lowest BCUT2D eigenvalue weighted by atomic mass is 10.1. The number of H-pyrrole nitrogens is 1. The molecule has 0 bridgehead atoms. The Kier molecular flexibility index (Phi) is 3.87. The zero-order valence-corrected chi connectivity index (χ0v) is 11.9. The Hall–Kier alpha value is -2.34. The van der Waals surface area contributed by atoms with Crippen LogP contribution >= 0.6 is 0 Å². The number of fused-ring (bicyclic) bond motifs is 1. The molecule has 6 heteroatoms. The summed E-state index contributed by atoms with van der Waals surface area (Å²) >= 11 is 0. The van der Waals surface area contributed by atoms with Gasteiger partial charge in [0.25, 0.3) is 0 Å². The SMILES string of the molecule is COc1ccc(CC(=O)Nc2n[nH]c3c2CCNC3)cc1. The lowest BCUT2D eigenvalue weighted by Crippen LogP contribution is -2.24. The Bertz CT molecular complexity index is 634. The molecule has 0 spiro atoms. The van der Waals surface area contributed by atoms with Crippen molar-refractivity contribution in [1.29, 1.82) is 0 Å². The van der Waals surface area contributed by atoms with Crippen molar-refractivity contribution in [3.05, 3.63) is 41.1 Å². The van der Waals surface area contributed by atoms with Crippen molar-refractivity contribution in [2.24, 2.45) is 0 Å². The van der Waals surface area contributed by atoms with Crippen LogP contribution < -0.4 is 15.4 Å². The van der Waals surface area contributed by atoms with Crippen molar-refractivity contribution in [2.45, 2.75) is 19.4 Å². The third kappa shape index (κ3) is 3.05.